The van der Waals surface area contributed by atoms with Crippen molar-refractivity contribution in [3.63, 3.8) is 0 Å². The Morgan fingerprint density at radius 3 is 3.05 bits per heavy atom. The van der Waals surface area contributed by atoms with Gasteiger partial charge in [-0.2, -0.15) is 0 Å². The quantitative estimate of drug-likeness (QED) is 0.909. The minimum absolute atomic E-state index is 0.0481. The van der Waals surface area contributed by atoms with E-state index in [1.54, 1.807) is 16.2 Å². The average molecular weight is 345 g/mol. The highest BCUT2D eigenvalue weighted by atomic mass is 79.9. The molecule has 0 saturated carbocycles. The molecule has 104 valence electrons. The number of nitrogens with zero attached hydrogens (tertiary/aromatic N) is 1. The molecule has 2 amide bonds. The largest absolute Gasteiger partial charge is 0.354 e. The van der Waals surface area contributed by atoms with E-state index in [1.165, 1.54) is 4.88 Å². The maximum Gasteiger partial charge on any atom is 0.239 e. The van der Waals surface area contributed by atoms with E-state index < -0.39 is 0 Å². The standard InChI is InChI=1S/C13H17BrN2O2S/c14-11-6-5-10(19-11)3-1-4-13(18)16-8-2-7-15-12(17)9-16/h5-6H,1-4,7-9H2,(H,15,17). The molecule has 19 heavy (non-hydrogen) atoms. The lowest BCUT2D eigenvalue weighted by Gasteiger charge is -2.18. The van der Waals surface area contributed by atoms with E-state index in [0.717, 1.165) is 23.0 Å². The first kappa shape index (κ1) is 14.5. The number of aryl methyl sites for hydroxylation is 1. The van der Waals surface area contributed by atoms with Crippen molar-refractivity contribution in [2.24, 2.45) is 0 Å². The third kappa shape index (κ3) is 4.62. The van der Waals surface area contributed by atoms with Crippen molar-refractivity contribution in [2.45, 2.75) is 25.7 Å². The fraction of sp³-hybridized carbons (Fsp3) is 0.538. The predicted octanol–water partition coefficient (Wildman–Crippen LogP) is 2.18. The van der Waals surface area contributed by atoms with E-state index in [1.807, 2.05) is 6.07 Å². The zero-order chi connectivity index (χ0) is 13.7. The number of nitrogens with one attached hydrogen (secondary N) is 1. The second-order valence-corrected chi connectivity index (χ2v) is 7.13. The molecule has 1 fully saturated rings. The molecule has 2 rings (SSSR count). The van der Waals surface area contributed by atoms with Gasteiger partial charge >= 0.3 is 0 Å². The topological polar surface area (TPSA) is 49.4 Å². The van der Waals surface area contributed by atoms with Crippen molar-refractivity contribution in [3.8, 4) is 0 Å². The van der Waals surface area contributed by atoms with Gasteiger partial charge in [-0.3, -0.25) is 9.59 Å². The van der Waals surface area contributed by atoms with Crippen molar-refractivity contribution >= 4 is 39.1 Å². The van der Waals surface area contributed by atoms with Crippen LogP contribution in [-0.4, -0.2) is 36.3 Å². The van der Waals surface area contributed by atoms with E-state index in [0.29, 0.717) is 19.5 Å². The Hall–Kier alpha value is -0.880. The summed E-state index contributed by atoms with van der Waals surface area (Å²) in [5.41, 5.74) is 0. The second-order valence-electron chi connectivity index (χ2n) is 4.58. The molecule has 1 aromatic heterocycles. The van der Waals surface area contributed by atoms with Crippen molar-refractivity contribution in [3.05, 3.63) is 20.8 Å². The van der Waals surface area contributed by atoms with Crippen LogP contribution >= 0.6 is 27.3 Å². The van der Waals surface area contributed by atoms with Gasteiger partial charge in [-0.15, -0.1) is 11.3 Å². The van der Waals surface area contributed by atoms with Crippen molar-refractivity contribution in [2.75, 3.05) is 19.6 Å². The van der Waals surface area contributed by atoms with Crippen LogP contribution in [0.3, 0.4) is 0 Å². The predicted molar refractivity (Wildman–Crippen MR) is 79.2 cm³/mol. The molecule has 1 aliphatic rings. The highest BCUT2D eigenvalue weighted by Gasteiger charge is 2.19. The third-order valence-corrected chi connectivity index (χ3v) is 4.74. The number of thiophene rings is 1. The number of carbonyl (C=O) groups is 2. The lowest BCUT2D eigenvalue weighted by molar-refractivity contribution is -0.135. The fourth-order valence-electron chi connectivity index (χ4n) is 2.08. The fourth-order valence-corrected chi connectivity index (χ4v) is 3.60. The molecule has 0 aliphatic carbocycles. The van der Waals surface area contributed by atoms with Crippen LogP contribution in [0.5, 0.6) is 0 Å². The molecule has 4 nitrogen and oxygen atoms in total. The first-order valence-electron chi connectivity index (χ1n) is 6.44. The molecule has 1 aliphatic heterocycles. The Balaban J connectivity index is 1.75. The van der Waals surface area contributed by atoms with Crippen LogP contribution in [-0.2, 0) is 16.0 Å². The lowest BCUT2D eigenvalue weighted by Crippen LogP contribution is -2.37. The Morgan fingerprint density at radius 1 is 1.47 bits per heavy atom. The van der Waals surface area contributed by atoms with Crippen LogP contribution in [0.4, 0.5) is 0 Å². The summed E-state index contributed by atoms with van der Waals surface area (Å²) in [6.45, 7) is 1.57. The molecule has 0 aromatic carbocycles. The Bertz CT molecular complexity index is 461. The van der Waals surface area contributed by atoms with Gasteiger partial charge in [0.2, 0.25) is 11.8 Å². The number of rotatable bonds is 4. The first-order valence-corrected chi connectivity index (χ1v) is 8.05. The number of hydrogen-bond donors (Lipinski definition) is 1. The maximum absolute atomic E-state index is 12.0. The highest BCUT2D eigenvalue weighted by molar-refractivity contribution is 9.11. The van der Waals surface area contributed by atoms with Gasteiger partial charge in [-0.05, 0) is 47.3 Å². The van der Waals surface area contributed by atoms with Gasteiger partial charge in [-0.25, -0.2) is 0 Å². The molecule has 1 saturated heterocycles. The van der Waals surface area contributed by atoms with Crippen LogP contribution in [0, 0.1) is 0 Å². The summed E-state index contributed by atoms with van der Waals surface area (Å²) in [7, 11) is 0. The van der Waals surface area contributed by atoms with Crippen molar-refractivity contribution in [1.82, 2.24) is 10.2 Å². The Kier molecular flexibility index (Phi) is 5.39. The number of amides is 2. The lowest BCUT2D eigenvalue weighted by atomic mass is 10.2. The minimum Gasteiger partial charge on any atom is -0.354 e. The van der Waals surface area contributed by atoms with Gasteiger partial charge in [0, 0.05) is 24.4 Å². The SMILES string of the molecule is O=C1CN(C(=O)CCCc2ccc(Br)s2)CCCN1. The average Bonchev–Trinajstić information content (AvgIpc) is 2.66. The van der Waals surface area contributed by atoms with E-state index in [-0.39, 0.29) is 18.4 Å². The van der Waals surface area contributed by atoms with Gasteiger partial charge in [0.1, 0.15) is 0 Å². The molecule has 0 unspecified atom stereocenters. The molecule has 0 atom stereocenters. The third-order valence-electron chi connectivity index (χ3n) is 3.06. The van der Waals surface area contributed by atoms with Crippen LogP contribution in [0.25, 0.3) is 0 Å². The molecule has 0 bridgehead atoms. The summed E-state index contributed by atoms with van der Waals surface area (Å²) in [6, 6.07) is 4.11. The van der Waals surface area contributed by atoms with Crippen molar-refractivity contribution < 1.29 is 9.59 Å². The van der Waals surface area contributed by atoms with E-state index in [2.05, 4.69) is 27.3 Å². The van der Waals surface area contributed by atoms with Gasteiger partial charge in [0.05, 0.1) is 10.3 Å². The van der Waals surface area contributed by atoms with E-state index >= 15 is 0 Å². The van der Waals surface area contributed by atoms with Gasteiger partial charge < -0.3 is 10.2 Å². The molecule has 1 N–H and O–H groups in total. The molecular formula is C13H17BrN2O2S. The molecule has 6 heteroatoms. The highest BCUT2D eigenvalue weighted by Crippen LogP contribution is 2.23. The zero-order valence-electron chi connectivity index (χ0n) is 10.7. The smallest absolute Gasteiger partial charge is 0.239 e. The summed E-state index contributed by atoms with van der Waals surface area (Å²) in [5.74, 6) is 0.0423. The normalized spacial score (nSPS) is 16.1. The van der Waals surface area contributed by atoms with E-state index in [9.17, 15) is 9.59 Å². The number of hydrogen-bond acceptors (Lipinski definition) is 3. The molecule has 1 aromatic rings. The van der Waals surface area contributed by atoms with Gasteiger partial charge in [0.15, 0.2) is 0 Å². The van der Waals surface area contributed by atoms with Crippen LogP contribution in [0.1, 0.15) is 24.1 Å². The van der Waals surface area contributed by atoms with Gasteiger partial charge in [-0.1, -0.05) is 0 Å². The van der Waals surface area contributed by atoms with E-state index in [4.69, 9.17) is 0 Å². The molecular weight excluding hydrogens is 328 g/mol. The summed E-state index contributed by atoms with van der Waals surface area (Å²) >= 11 is 5.14. The van der Waals surface area contributed by atoms with Crippen molar-refractivity contribution in [1.29, 1.82) is 0 Å². The van der Waals surface area contributed by atoms with Crippen LogP contribution in [0.2, 0.25) is 0 Å². The number of carbonyl (C=O) groups excluding carboxylic acids is 2. The molecule has 2 heterocycles. The summed E-state index contributed by atoms with van der Waals surface area (Å²) < 4.78 is 1.12. The Labute approximate surface area is 125 Å². The monoisotopic (exact) mass is 344 g/mol. The Morgan fingerprint density at radius 2 is 2.32 bits per heavy atom. The summed E-state index contributed by atoms with van der Waals surface area (Å²) in [6.07, 6.45) is 3.12. The minimum atomic E-state index is -0.0481. The van der Waals surface area contributed by atoms with Crippen LogP contribution in [0.15, 0.2) is 15.9 Å². The van der Waals surface area contributed by atoms with Gasteiger partial charge in [0.25, 0.3) is 0 Å². The first-order chi connectivity index (χ1) is 9.15. The second kappa shape index (κ2) is 7.05. The van der Waals surface area contributed by atoms with Crippen LogP contribution < -0.4 is 5.32 Å². The maximum atomic E-state index is 12.0. The number of halogens is 1. The zero-order valence-corrected chi connectivity index (χ0v) is 13.1. The summed E-state index contributed by atoms with van der Waals surface area (Å²) in [5, 5.41) is 2.78. The summed E-state index contributed by atoms with van der Waals surface area (Å²) in [4.78, 5) is 26.4. The molecule has 0 spiro atoms. The molecule has 0 radical (unpaired) electrons.